The highest BCUT2D eigenvalue weighted by Crippen LogP contribution is 2.09. The first-order valence-corrected chi connectivity index (χ1v) is 6.42. The Morgan fingerprint density at radius 1 is 1.41 bits per heavy atom. The van der Waals surface area contributed by atoms with Crippen molar-refractivity contribution in [3.8, 4) is 0 Å². The van der Waals surface area contributed by atoms with Crippen LogP contribution in [0.15, 0.2) is 4.99 Å². The van der Waals surface area contributed by atoms with Crippen molar-refractivity contribution in [1.29, 1.82) is 0 Å². The number of nitrogens with two attached hydrogens (primary N) is 2. The number of ether oxygens (including phenoxy) is 2. The molecule has 0 aromatic carbocycles. The second-order valence-electron chi connectivity index (χ2n) is 5.27. The van der Waals surface area contributed by atoms with Gasteiger partial charge in [0.1, 0.15) is 11.6 Å². The molecule has 126 valence electrons. The SMILES string of the molecule is CC(C)(C)OC(=O)OC(=O)[C@@H](N)CCCN=C(N)N[N+](=O)[O-]. The van der Waals surface area contributed by atoms with Crippen LogP contribution in [0, 0.1) is 10.1 Å². The van der Waals surface area contributed by atoms with Crippen molar-refractivity contribution in [2.45, 2.75) is 45.3 Å². The van der Waals surface area contributed by atoms with Crippen molar-refractivity contribution < 1.29 is 24.1 Å². The van der Waals surface area contributed by atoms with Gasteiger partial charge in [0, 0.05) is 6.54 Å². The summed E-state index contributed by atoms with van der Waals surface area (Å²) >= 11 is 0. The minimum atomic E-state index is -1.12. The summed E-state index contributed by atoms with van der Waals surface area (Å²) in [5.41, 5.74) is 11.6. The fourth-order valence-electron chi connectivity index (χ4n) is 1.19. The molecular formula is C11H21N5O6. The summed E-state index contributed by atoms with van der Waals surface area (Å²) in [6.07, 6.45) is -0.632. The highest BCUT2D eigenvalue weighted by atomic mass is 16.7. The molecule has 0 amide bonds. The van der Waals surface area contributed by atoms with E-state index in [0.717, 1.165) is 0 Å². The molecule has 0 aliphatic rings. The highest BCUT2D eigenvalue weighted by Gasteiger charge is 2.23. The van der Waals surface area contributed by atoms with Crippen molar-refractivity contribution >= 4 is 18.1 Å². The number of carbonyl (C=O) groups is 2. The summed E-state index contributed by atoms with van der Waals surface area (Å²) in [6, 6.07) is -1.03. The van der Waals surface area contributed by atoms with Gasteiger partial charge >= 0.3 is 12.1 Å². The standard InChI is InChI=1S/C11H21N5O6/c1-11(2,3)22-10(18)21-8(17)7(12)5-4-6-14-9(13)15-16(19)20/h7H,4-6,12H2,1-3H3,(H3,13,14,15)/t7-/m0/s1. The number of hydrazine groups is 1. The lowest BCUT2D eigenvalue weighted by atomic mass is 10.2. The lowest BCUT2D eigenvalue weighted by Crippen LogP contribution is -2.37. The maximum absolute atomic E-state index is 11.5. The molecule has 0 saturated heterocycles. The normalized spacial score (nSPS) is 13.2. The second kappa shape index (κ2) is 8.77. The molecule has 22 heavy (non-hydrogen) atoms. The molecule has 0 unspecified atom stereocenters. The Bertz CT molecular complexity index is 445. The fraction of sp³-hybridized carbons (Fsp3) is 0.727. The van der Waals surface area contributed by atoms with Crippen LogP contribution in [0.4, 0.5) is 4.79 Å². The van der Waals surface area contributed by atoms with Gasteiger partial charge in [-0.15, -0.1) is 0 Å². The van der Waals surface area contributed by atoms with Crippen LogP contribution < -0.4 is 16.9 Å². The van der Waals surface area contributed by atoms with Gasteiger partial charge in [0.05, 0.1) is 0 Å². The Morgan fingerprint density at radius 3 is 2.50 bits per heavy atom. The number of nitrogens with one attached hydrogen (secondary N) is 1. The van der Waals surface area contributed by atoms with Gasteiger partial charge in [0.2, 0.25) is 0 Å². The number of esters is 1. The monoisotopic (exact) mass is 319 g/mol. The number of hydrogen-bond acceptors (Lipinski definition) is 8. The van der Waals surface area contributed by atoms with Crippen LogP contribution >= 0.6 is 0 Å². The summed E-state index contributed by atoms with van der Waals surface area (Å²) < 4.78 is 9.24. The minimum Gasteiger partial charge on any atom is -0.428 e. The quantitative estimate of drug-likeness (QED) is 0.113. The van der Waals surface area contributed by atoms with Crippen LogP contribution in [-0.2, 0) is 14.3 Å². The van der Waals surface area contributed by atoms with E-state index in [9.17, 15) is 19.7 Å². The third-order valence-corrected chi connectivity index (χ3v) is 2.04. The van der Waals surface area contributed by atoms with Gasteiger partial charge in [-0.05, 0) is 33.6 Å². The molecule has 0 radical (unpaired) electrons. The number of aliphatic imine (C=N–C) groups is 1. The number of carbonyl (C=O) groups excluding carboxylic acids is 2. The third-order valence-electron chi connectivity index (χ3n) is 2.04. The van der Waals surface area contributed by atoms with Crippen molar-refractivity contribution in [2.75, 3.05) is 6.54 Å². The molecule has 0 spiro atoms. The van der Waals surface area contributed by atoms with Crippen molar-refractivity contribution in [3.63, 3.8) is 0 Å². The first kappa shape index (κ1) is 19.6. The Kier molecular flexibility index (Phi) is 7.80. The molecule has 5 N–H and O–H groups in total. The van der Waals surface area contributed by atoms with Crippen molar-refractivity contribution in [3.05, 3.63) is 10.1 Å². The second-order valence-corrected chi connectivity index (χ2v) is 5.27. The van der Waals surface area contributed by atoms with E-state index in [1.54, 1.807) is 26.2 Å². The Labute approximate surface area is 127 Å². The summed E-state index contributed by atoms with van der Waals surface area (Å²) in [4.78, 5) is 36.5. The predicted molar refractivity (Wildman–Crippen MR) is 76.2 cm³/mol. The summed E-state index contributed by atoms with van der Waals surface area (Å²) in [5, 5.41) is 9.21. The van der Waals surface area contributed by atoms with Gasteiger partial charge in [0.15, 0.2) is 5.03 Å². The first-order valence-electron chi connectivity index (χ1n) is 6.42. The van der Waals surface area contributed by atoms with Gasteiger partial charge in [-0.1, -0.05) is 5.43 Å². The van der Waals surface area contributed by atoms with Crippen molar-refractivity contribution in [2.24, 2.45) is 16.5 Å². The van der Waals surface area contributed by atoms with Crippen molar-refractivity contribution in [1.82, 2.24) is 5.43 Å². The minimum absolute atomic E-state index is 0.125. The van der Waals surface area contributed by atoms with Crippen LogP contribution in [-0.4, -0.2) is 41.3 Å². The van der Waals surface area contributed by atoms with E-state index in [2.05, 4.69) is 9.73 Å². The predicted octanol–water partition coefficient (Wildman–Crippen LogP) is -0.332. The van der Waals surface area contributed by atoms with E-state index >= 15 is 0 Å². The average molecular weight is 319 g/mol. The topological polar surface area (TPSA) is 172 Å². The summed E-state index contributed by atoms with van der Waals surface area (Å²) in [6.45, 7) is 5.00. The van der Waals surface area contributed by atoms with Gasteiger partial charge in [-0.3, -0.25) is 0 Å². The summed E-state index contributed by atoms with van der Waals surface area (Å²) in [7, 11) is 0. The van der Waals surface area contributed by atoms with E-state index in [-0.39, 0.29) is 18.9 Å². The zero-order chi connectivity index (χ0) is 17.3. The van der Waals surface area contributed by atoms with E-state index in [0.29, 0.717) is 6.42 Å². The molecule has 0 saturated carbocycles. The van der Waals surface area contributed by atoms with E-state index in [4.69, 9.17) is 16.2 Å². The average Bonchev–Trinajstić information content (AvgIpc) is 2.30. The molecule has 0 aliphatic carbocycles. The van der Waals surface area contributed by atoms with Crippen LogP contribution in [0.5, 0.6) is 0 Å². The molecule has 0 aromatic rings. The van der Waals surface area contributed by atoms with E-state index < -0.39 is 28.8 Å². The lowest BCUT2D eigenvalue weighted by molar-refractivity contribution is -0.525. The lowest BCUT2D eigenvalue weighted by Gasteiger charge is -2.18. The molecule has 0 aliphatic heterocycles. The smallest absolute Gasteiger partial charge is 0.428 e. The number of hydrogen-bond donors (Lipinski definition) is 3. The van der Waals surface area contributed by atoms with Gasteiger partial charge in [0.25, 0.3) is 5.96 Å². The zero-order valence-corrected chi connectivity index (χ0v) is 12.7. The van der Waals surface area contributed by atoms with Crippen LogP contribution in [0.1, 0.15) is 33.6 Å². The van der Waals surface area contributed by atoms with Crippen LogP contribution in [0.3, 0.4) is 0 Å². The molecular weight excluding hydrogens is 298 g/mol. The molecule has 1 atom stereocenters. The van der Waals surface area contributed by atoms with Gasteiger partial charge in [-0.25, -0.2) is 24.7 Å². The molecule has 0 fully saturated rings. The van der Waals surface area contributed by atoms with Gasteiger partial charge in [-0.2, -0.15) is 0 Å². The zero-order valence-electron chi connectivity index (χ0n) is 12.7. The summed E-state index contributed by atoms with van der Waals surface area (Å²) in [5.74, 6) is -1.27. The maximum Gasteiger partial charge on any atom is 0.516 e. The molecule has 0 heterocycles. The maximum atomic E-state index is 11.5. The molecule has 11 heteroatoms. The Balaban J connectivity index is 4.06. The molecule has 0 rings (SSSR count). The first-order chi connectivity index (χ1) is 10.0. The largest absolute Gasteiger partial charge is 0.516 e. The molecule has 0 bridgehead atoms. The van der Waals surface area contributed by atoms with Gasteiger partial charge < -0.3 is 20.9 Å². The number of nitrogens with zero attached hydrogens (tertiary/aromatic N) is 2. The highest BCUT2D eigenvalue weighted by molar-refractivity contribution is 5.85. The number of guanidine groups is 1. The Morgan fingerprint density at radius 2 is 2.00 bits per heavy atom. The van der Waals surface area contributed by atoms with Crippen LogP contribution in [0.2, 0.25) is 0 Å². The van der Waals surface area contributed by atoms with E-state index in [1.165, 1.54) is 0 Å². The number of nitro groups is 1. The fourth-order valence-corrected chi connectivity index (χ4v) is 1.19. The Hall–Kier alpha value is -2.43. The van der Waals surface area contributed by atoms with Crippen LogP contribution in [0.25, 0.3) is 0 Å². The third kappa shape index (κ3) is 10.4. The molecule has 0 aromatic heterocycles. The molecule has 11 nitrogen and oxygen atoms in total. The number of rotatable bonds is 6. The van der Waals surface area contributed by atoms with E-state index in [1.807, 2.05) is 0 Å².